The number of aromatic nitrogens is 2. The van der Waals surface area contributed by atoms with Crippen LogP contribution in [-0.4, -0.2) is 29.3 Å². The normalized spacial score (nSPS) is 14.0. The van der Waals surface area contributed by atoms with E-state index in [2.05, 4.69) is 15.5 Å². The lowest BCUT2D eigenvalue weighted by Crippen LogP contribution is -2.29. The van der Waals surface area contributed by atoms with Crippen molar-refractivity contribution in [1.29, 1.82) is 0 Å². The van der Waals surface area contributed by atoms with E-state index in [0.717, 1.165) is 5.56 Å². The first-order chi connectivity index (χ1) is 13.1. The number of carbonyl (C=O) groups is 1. The lowest BCUT2D eigenvalue weighted by molar-refractivity contribution is -0.121. The van der Waals surface area contributed by atoms with Crippen molar-refractivity contribution in [2.45, 2.75) is 19.4 Å². The molecule has 0 spiro atoms. The standard InChI is InChI=1S/C20H19N3O4/c1-12(13-6-7-17-18(10-13)27-9-8-26-17)21-19(24)11-16-14-4-2-3-5-15(14)20(25)23-22-16/h2-7,10,12H,8-9,11H2,1H3,(H,21,24)(H,23,25)/t12-/m0/s1. The zero-order chi connectivity index (χ0) is 18.8. The van der Waals surface area contributed by atoms with E-state index in [1.807, 2.05) is 31.2 Å². The molecule has 0 fully saturated rings. The first kappa shape index (κ1) is 17.1. The van der Waals surface area contributed by atoms with Gasteiger partial charge in [-0.25, -0.2) is 5.10 Å². The molecule has 27 heavy (non-hydrogen) atoms. The van der Waals surface area contributed by atoms with Crippen LogP contribution in [0.3, 0.4) is 0 Å². The zero-order valence-corrected chi connectivity index (χ0v) is 14.8. The predicted molar refractivity (Wildman–Crippen MR) is 100 cm³/mol. The number of hydrogen-bond donors (Lipinski definition) is 2. The molecule has 2 heterocycles. The van der Waals surface area contributed by atoms with E-state index in [1.165, 1.54) is 0 Å². The number of aromatic amines is 1. The highest BCUT2D eigenvalue weighted by Crippen LogP contribution is 2.32. The van der Waals surface area contributed by atoms with Crippen molar-refractivity contribution in [1.82, 2.24) is 15.5 Å². The van der Waals surface area contributed by atoms with E-state index < -0.39 is 0 Å². The summed E-state index contributed by atoms with van der Waals surface area (Å²) in [5.41, 5.74) is 1.20. The summed E-state index contributed by atoms with van der Waals surface area (Å²) in [5.74, 6) is 1.22. The number of amides is 1. The maximum atomic E-state index is 12.5. The molecule has 138 valence electrons. The minimum atomic E-state index is -0.264. The predicted octanol–water partition coefficient (Wildman–Crippen LogP) is 2.11. The van der Waals surface area contributed by atoms with Crippen LogP contribution >= 0.6 is 0 Å². The number of carbonyl (C=O) groups excluding carboxylic acids is 1. The van der Waals surface area contributed by atoms with Gasteiger partial charge in [-0.15, -0.1) is 0 Å². The Labute approximate surface area is 155 Å². The summed E-state index contributed by atoms with van der Waals surface area (Å²) in [6.45, 7) is 2.96. The van der Waals surface area contributed by atoms with E-state index >= 15 is 0 Å². The molecule has 3 aromatic rings. The van der Waals surface area contributed by atoms with Crippen molar-refractivity contribution in [2.75, 3.05) is 13.2 Å². The monoisotopic (exact) mass is 365 g/mol. The van der Waals surface area contributed by atoms with Crippen LogP contribution in [0, 0.1) is 0 Å². The molecule has 1 aromatic heterocycles. The van der Waals surface area contributed by atoms with E-state index in [-0.39, 0.29) is 23.9 Å². The Balaban J connectivity index is 1.50. The number of nitrogens with zero attached hydrogens (tertiary/aromatic N) is 1. The lowest BCUT2D eigenvalue weighted by atomic mass is 10.1. The molecular weight excluding hydrogens is 346 g/mol. The van der Waals surface area contributed by atoms with Gasteiger partial charge in [0.05, 0.1) is 23.5 Å². The van der Waals surface area contributed by atoms with E-state index in [0.29, 0.717) is 41.2 Å². The van der Waals surface area contributed by atoms with E-state index in [9.17, 15) is 9.59 Å². The Morgan fingerprint density at radius 3 is 2.70 bits per heavy atom. The van der Waals surface area contributed by atoms with Crippen molar-refractivity contribution in [2.24, 2.45) is 0 Å². The number of fused-ring (bicyclic) bond motifs is 2. The molecule has 0 saturated heterocycles. The Morgan fingerprint density at radius 1 is 1.15 bits per heavy atom. The molecule has 4 rings (SSSR count). The number of benzene rings is 2. The lowest BCUT2D eigenvalue weighted by Gasteiger charge is -2.21. The van der Waals surface area contributed by atoms with Crippen LogP contribution in [0.2, 0.25) is 0 Å². The van der Waals surface area contributed by atoms with Gasteiger partial charge >= 0.3 is 0 Å². The number of hydrogen-bond acceptors (Lipinski definition) is 5. The molecule has 2 aromatic carbocycles. The first-order valence-corrected chi connectivity index (χ1v) is 8.77. The van der Waals surface area contributed by atoms with Crippen LogP contribution in [0.15, 0.2) is 47.3 Å². The van der Waals surface area contributed by atoms with Crippen LogP contribution in [0.1, 0.15) is 24.2 Å². The van der Waals surface area contributed by atoms with E-state index in [1.54, 1.807) is 18.2 Å². The van der Waals surface area contributed by atoms with Crippen molar-refractivity contribution in [3.05, 3.63) is 64.1 Å². The van der Waals surface area contributed by atoms with Gasteiger partial charge < -0.3 is 14.8 Å². The zero-order valence-electron chi connectivity index (χ0n) is 14.8. The molecule has 1 aliphatic rings. The maximum Gasteiger partial charge on any atom is 0.272 e. The third kappa shape index (κ3) is 3.48. The fraction of sp³-hybridized carbons (Fsp3) is 0.250. The van der Waals surface area contributed by atoms with Gasteiger partial charge in [-0.3, -0.25) is 9.59 Å². The second-order valence-corrected chi connectivity index (χ2v) is 6.41. The van der Waals surface area contributed by atoms with Gasteiger partial charge in [-0.2, -0.15) is 5.10 Å². The van der Waals surface area contributed by atoms with Gasteiger partial charge in [0.1, 0.15) is 13.2 Å². The molecule has 7 nitrogen and oxygen atoms in total. The smallest absolute Gasteiger partial charge is 0.272 e. The second kappa shape index (κ2) is 7.11. The third-order valence-corrected chi connectivity index (χ3v) is 4.55. The molecule has 0 aliphatic carbocycles. The molecule has 7 heteroatoms. The van der Waals surface area contributed by atoms with Gasteiger partial charge in [-0.1, -0.05) is 24.3 Å². The van der Waals surface area contributed by atoms with Gasteiger partial charge in [0.2, 0.25) is 5.91 Å². The Hall–Kier alpha value is -3.35. The van der Waals surface area contributed by atoms with Crippen molar-refractivity contribution in [3.63, 3.8) is 0 Å². The SMILES string of the molecule is C[C@H](NC(=O)Cc1n[nH]c(=O)c2ccccc12)c1ccc2c(c1)OCCO2. The summed E-state index contributed by atoms with van der Waals surface area (Å²) >= 11 is 0. The molecule has 0 unspecified atom stereocenters. The average Bonchev–Trinajstić information content (AvgIpc) is 2.70. The fourth-order valence-electron chi connectivity index (χ4n) is 3.16. The number of ether oxygens (including phenoxy) is 2. The number of H-pyrrole nitrogens is 1. The summed E-state index contributed by atoms with van der Waals surface area (Å²) in [5, 5.41) is 10.7. The average molecular weight is 365 g/mol. The van der Waals surface area contributed by atoms with Gasteiger partial charge in [0.25, 0.3) is 5.56 Å². The minimum Gasteiger partial charge on any atom is -0.486 e. The van der Waals surface area contributed by atoms with Gasteiger partial charge in [0.15, 0.2) is 11.5 Å². The highest BCUT2D eigenvalue weighted by molar-refractivity contribution is 5.88. The van der Waals surface area contributed by atoms with Gasteiger partial charge in [0, 0.05) is 5.39 Å². The van der Waals surface area contributed by atoms with Crippen LogP contribution in [0.4, 0.5) is 0 Å². The molecule has 0 bridgehead atoms. The Bertz CT molecular complexity index is 1060. The molecule has 0 radical (unpaired) electrons. The minimum absolute atomic E-state index is 0.0756. The summed E-state index contributed by atoms with van der Waals surface area (Å²) in [6, 6.07) is 12.6. The molecule has 1 amide bonds. The molecule has 0 saturated carbocycles. The third-order valence-electron chi connectivity index (χ3n) is 4.55. The summed E-state index contributed by atoms with van der Waals surface area (Å²) in [4.78, 5) is 24.4. The summed E-state index contributed by atoms with van der Waals surface area (Å²) in [7, 11) is 0. The molecule has 1 atom stereocenters. The molecule has 2 N–H and O–H groups in total. The number of nitrogens with one attached hydrogen (secondary N) is 2. The van der Waals surface area contributed by atoms with Crippen molar-refractivity contribution in [3.8, 4) is 11.5 Å². The van der Waals surface area contributed by atoms with Crippen LogP contribution < -0.4 is 20.3 Å². The summed E-state index contributed by atoms with van der Waals surface area (Å²) in [6.07, 6.45) is 0.0756. The first-order valence-electron chi connectivity index (χ1n) is 8.77. The topological polar surface area (TPSA) is 93.3 Å². The largest absolute Gasteiger partial charge is 0.486 e. The molecular formula is C20H19N3O4. The highest BCUT2D eigenvalue weighted by atomic mass is 16.6. The number of rotatable bonds is 4. The Kier molecular flexibility index (Phi) is 4.50. The second-order valence-electron chi connectivity index (χ2n) is 6.41. The fourth-order valence-corrected chi connectivity index (χ4v) is 3.16. The van der Waals surface area contributed by atoms with Crippen LogP contribution in [0.25, 0.3) is 10.8 Å². The van der Waals surface area contributed by atoms with Crippen molar-refractivity contribution >= 4 is 16.7 Å². The quantitative estimate of drug-likeness (QED) is 0.739. The Morgan fingerprint density at radius 2 is 1.89 bits per heavy atom. The van der Waals surface area contributed by atoms with Crippen molar-refractivity contribution < 1.29 is 14.3 Å². The van der Waals surface area contributed by atoms with Crippen LogP contribution in [-0.2, 0) is 11.2 Å². The maximum absolute atomic E-state index is 12.5. The van der Waals surface area contributed by atoms with Crippen LogP contribution in [0.5, 0.6) is 11.5 Å². The van der Waals surface area contributed by atoms with E-state index in [4.69, 9.17) is 9.47 Å². The highest BCUT2D eigenvalue weighted by Gasteiger charge is 2.17. The van der Waals surface area contributed by atoms with Gasteiger partial charge in [-0.05, 0) is 30.7 Å². The molecule has 1 aliphatic heterocycles. The summed E-state index contributed by atoms with van der Waals surface area (Å²) < 4.78 is 11.1.